The molecule has 0 spiro atoms. The number of likely N-dealkylation sites (tertiary alicyclic amines) is 1. The summed E-state index contributed by atoms with van der Waals surface area (Å²) in [5, 5.41) is 10.1. The zero-order valence-electron chi connectivity index (χ0n) is 18.4. The number of benzene rings is 1. The number of amides is 2. The Bertz CT molecular complexity index is 649. The van der Waals surface area contributed by atoms with Gasteiger partial charge in [0.25, 0.3) is 6.47 Å². The number of aryl methyl sites for hydroxylation is 1. The lowest BCUT2D eigenvalue weighted by Gasteiger charge is -2.25. The third-order valence-corrected chi connectivity index (χ3v) is 6.18. The van der Waals surface area contributed by atoms with E-state index in [-0.39, 0.29) is 12.5 Å². The summed E-state index contributed by atoms with van der Waals surface area (Å²) in [6.07, 6.45) is 6.69. The van der Waals surface area contributed by atoms with Crippen LogP contribution in [0, 0.1) is 12.8 Å². The third-order valence-electron chi connectivity index (χ3n) is 6.18. The molecule has 2 amide bonds. The number of nitrogens with one attached hydrogen (secondary N) is 1. The van der Waals surface area contributed by atoms with E-state index in [1.165, 1.54) is 49.8 Å². The van der Waals surface area contributed by atoms with Gasteiger partial charge in [0.2, 0.25) is 0 Å². The number of carbonyl (C=O) groups is 2. The van der Waals surface area contributed by atoms with Crippen LogP contribution in [0.15, 0.2) is 24.3 Å². The molecule has 1 aromatic carbocycles. The maximum atomic E-state index is 12.8. The number of ether oxygens (including phenoxy) is 1. The van der Waals surface area contributed by atoms with E-state index in [0.29, 0.717) is 25.6 Å². The second kappa shape index (κ2) is 13.2. The molecule has 168 valence electrons. The third kappa shape index (κ3) is 7.61. The molecule has 0 radical (unpaired) electrons. The number of hydrogen-bond acceptors (Lipinski definition) is 4. The molecule has 1 aromatic rings. The molecular formula is C23H37N3O4. The zero-order chi connectivity index (χ0) is 21.8. The average Bonchev–Trinajstić information content (AvgIpc) is 3.43. The van der Waals surface area contributed by atoms with Gasteiger partial charge in [-0.2, -0.15) is 0 Å². The molecule has 7 heteroatoms. The highest BCUT2D eigenvalue weighted by Gasteiger charge is 2.30. The first-order valence-corrected chi connectivity index (χ1v) is 11.0. The highest BCUT2D eigenvalue weighted by atomic mass is 16.5. The predicted molar refractivity (Wildman–Crippen MR) is 117 cm³/mol. The van der Waals surface area contributed by atoms with Gasteiger partial charge in [0.1, 0.15) is 0 Å². The molecule has 0 bridgehead atoms. The predicted octanol–water partition coefficient (Wildman–Crippen LogP) is 3.12. The van der Waals surface area contributed by atoms with Crippen LogP contribution in [0.1, 0.15) is 43.2 Å². The SMILES string of the molecule is COCCN(Cc1ccccc1C)C(=O)NCC1CCN(C2CCCC2)C1.O=CO. The van der Waals surface area contributed by atoms with Gasteiger partial charge in [0.05, 0.1) is 6.61 Å². The van der Waals surface area contributed by atoms with E-state index in [2.05, 4.69) is 29.3 Å². The van der Waals surface area contributed by atoms with Crippen molar-refractivity contribution in [1.82, 2.24) is 15.1 Å². The lowest BCUT2D eigenvalue weighted by Crippen LogP contribution is -2.43. The standard InChI is InChI=1S/C22H35N3O2.CH2O2/c1-18-7-3-4-8-20(18)17-25(13-14-27-2)22(26)23-15-19-11-12-24(16-19)21-9-5-6-10-21;2-1-3/h3-4,7-8,19,21H,5-6,9-17H2,1-2H3,(H,23,26);1H,(H,2,3). The summed E-state index contributed by atoms with van der Waals surface area (Å²) in [4.78, 5) is 25.7. The highest BCUT2D eigenvalue weighted by molar-refractivity contribution is 5.74. The van der Waals surface area contributed by atoms with Gasteiger partial charge in [-0.05, 0) is 49.8 Å². The maximum Gasteiger partial charge on any atom is 0.317 e. The molecule has 1 saturated carbocycles. The van der Waals surface area contributed by atoms with Gasteiger partial charge in [-0.3, -0.25) is 4.79 Å². The molecule has 2 aliphatic rings. The molecule has 1 aliphatic heterocycles. The van der Waals surface area contributed by atoms with Crippen molar-refractivity contribution in [3.8, 4) is 0 Å². The Labute approximate surface area is 180 Å². The fourth-order valence-corrected chi connectivity index (χ4v) is 4.42. The van der Waals surface area contributed by atoms with Gasteiger partial charge in [-0.15, -0.1) is 0 Å². The highest BCUT2D eigenvalue weighted by Crippen LogP contribution is 2.28. The van der Waals surface area contributed by atoms with Crippen molar-refractivity contribution >= 4 is 12.5 Å². The number of urea groups is 1. The summed E-state index contributed by atoms with van der Waals surface area (Å²) in [6, 6.07) is 9.08. The van der Waals surface area contributed by atoms with Crippen molar-refractivity contribution in [1.29, 1.82) is 0 Å². The van der Waals surface area contributed by atoms with Gasteiger partial charge < -0.3 is 25.0 Å². The normalized spacial score (nSPS) is 19.2. The number of carboxylic acid groups (broad SMARTS) is 1. The summed E-state index contributed by atoms with van der Waals surface area (Å²) < 4.78 is 5.21. The van der Waals surface area contributed by atoms with E-state index >= 15 is 0 Å². The lowest BCUT2D eigenvalue weighted by molar-refractivity contribution is -0.122. The fourth-order valence-electron chi connectivity index (χ4n) is 4.42. The second-order valence-electron chi connectivity index (χ2n) is 8.22. The first-order chi connectivity index (χ1) is 14.6. The summed E-state index contributed by atoms with van der Waals surface area (Å²) in [6.45, 7) is 6.74. The van der Waals surface area contributed by atoms with E-state index < -0.39 is 0 Å². The Morgan fingerprint density at radius 1 is 1.30 bits per heavy atom. The number of carbonyl (C=O) groups excluding carboxylic acids is 1. The second-order valence-corrected chi connectivity index (χ2v) is 8.22. The quantitative estimate of drug-likeness (QED) is 0.633. The Morgan fingerprint density at radius 3 is 2.67 bits per heavy atom. The Hall–Kier alpha value is -2.12. The summed E-state index contributed by atoms with van der Waals surface area (Å²) in [5.41, 5.74) is 2.41. The van der Waals surface area contributed by atoms with E-state index in [1.54, 1.807) is 7.11 Å². The molecule has 1 unspecified atom stereocenters. The van der Waals surface area contributed by atoms with E-state index in [1.807, 2.05) is 17.0 Å². The van der Waals surface area contributed by atoms with Gasteiger partial charge in [-0.1, -0.05) is 37.1 Å². The Balaban J connectivity index is 0.00000101. The maximum absolute atomic E-state index is 12.8. The summed E-state index contributed by atoms with van der Waals surface area (Å²) in [7, 11) is 1.68. The van der Waals surface area contributed by atoms with Crippen LogP contribution in [0.2, 0.25) is 0 Å². The van der Waals surface area contributed by atoms with Crippen molar-refractivity contribution in [3.63, 3.8) is 0 Å². The summed E-state index contributed by atoms with van der Waals surface area (Å²) in [5.74, 6) is 0.581. The van der Waals surface area contributed by atoms with Crippen LogP contribution in [0.25, 0.3) is 0 Å². The lowest BCUT2D eigenvalue weighted by atomic mass is 10.1. The van der Waals surface area contributed by atoms with Crippen molar-refractivity contribution in [2.45, 2.75) is 51.6 Å². The van der Waals surface area contributed by atoms with Crippen LogP contribution >= 0.6 is 0 Å². The van der Waals surface area contributed by atoms with E-state index in [9.17, 15) is 4.79 Å². The fraction of sp³-hybridized carbons (Fsp3) is 0.652. The molecule has 30 heavy (non-hydrogen) atoms. The molecule has 1 atom stereocenters. The minimum absolute atomic E-state index is 0.0228. The molecule has 1 aliphatic carbocycles. The van der Waals surface area contributed by atoms with Crippen molar-refractivity contribution in [2.75, 3.05) is 39.9 Å². The Morgan fingerprint density at radius 2 is 2.00 bits per heavy atom. The van der Waals surface area contributed by atoms with Gasteiger partial charge in [-0.25, -0.2) is 4.79 Å². The summed E-state index contributed by atoms with van der Waals surface area (Å²) >= 11 is 0. The van der Waals surface area contributed by atoms with Crippen LogP contribution in [0.4, 0.5) is 4.79 Å². The molecule has 2 fully saturated rings. The molecule has 2 N–H and O–H groups in total. The Kier molecular flexibility index (Phi) is 10.7. The minimum atomic E-state index is -0.250. The minimum Gasteiger partial charge on any atom is -0.483 e. The molecule has 1 heterocycles. The van der Waals surface area contributed by atoms with Crippen LogP contribution in [-0.2, 0) is 16.1 Å². The van der Waals surface area contributed by atoms with Crippen LogP contribution in [-0.4, -0.2) is 73.3 Å². The smallest absolute Gasteiger partial charge is 0.317 e. The van der Waals surface area contributed by atoms with E-state index in [4.69, 9.17) is 14.6 Å². The van der Waals surface area contributed by atoms with Crippen LogP contribution in [0.5, 0.6) is 0 Å². The van der Waals surface area contributed by atoms with Gasteiger partial charge >= 0.3 is 6.03 Å². The number of nitrogens with zero attached hydrogens (tertiary/aromatic N) is 2. The number of hydrogen-bond donors (Lipinski definition) is 2. The molecule has 7 nitrogen and oxygen atoms in total. The average molecular weight is 420 g/mol. The molecule has 0 aromatic heterocycles. The first kappa shape index (κ1) is 24.2. The number of methoxy groups -OCH3 is 1. The van der Waals surface area contributed by atoms with Crippen molar-refractivity contribution < 1.29 is 19.4 Å². The van der Waals surface area contributed by atoms with Gasteiger partial charge in [0.15, 0.2) is 0 Å². The molecular weight excluding hydrogens is 382 g/mol. The monoisotopic (exact) mass is 419 g/mol. The number of rotatable bonds is 8. The zero-order valence-corrected chi connectivity index (χ0v) is 18.4. The van der Waals surface area contributed by atoms with Crippen LogP contribution < -0.4 is 5.32 Å². The van der Waals surface area contributed by atoms with Gasteiger partial charge in [0, 0.05) is 39.3 Å². The first-order valence-electron chi connectivity index (χ1n) is 11.0. The van der Waals surface area contributed by atoms with Crippen LogP contribution in [0.3, 0.4) is 0 Å². The van der Waals surface area contributed by atoms with E-state index in [0.717, 1.165) is 19.1 Å². The topological polar surface area (TPSA) is 82.1 Å². The largest absolute Gasteiger partial charge is 0.483 e. The van der Waals surface area contributed by atoms with Crippen molar-refractivity contribution in [3.05, 3.63) is 35.4 Å². The molecule has 1 saturated heterocycles. The molecule has 3 rings (SSSR count). The van der Waals surface area contributed by atoms with Crippen molar-refractivity contribution in [2.24, 2.45) is 5.92 Å².